The molecule has 1 atom stereocenters. The molecule has 0 saturated heterocycles. The van der Waals surface area contributed by atoms with Crippen LogP contribution in [0.15, 0.2) is 11.4 Å². The molecule has 1 aromatic heterocycles. The molecule has 2 rings (SSSR count). The van der Waals surface area contributed by atoms with Crippen molar-refractivity contribution in [2.24, 2.45) is 5.92 Å². The van der Waals surface area contributed by atoms with E-state index in [2.05, 4.69) is 0 Å². The molecule has 3 nitrogen and oxygen atoms in total. The molecule has 16 heavy (non-hydrogen) atoms. The molecule has 1 aliphatic carbocycles. The number of hydrogen-bond donors (Lipinski definition) is 0. The van der Waals surface area contributed by atoms with Crippen molar-refractivity contribution in [1.82, 2.24) is 0 Å². The van der Waals surface area contributed by atoms with E-state index in [1.165, 1.54) is 11.3 Å². The highest BCUT2D eigenvalue weighted by molar-refractivity contribution is 7.10. The van der Waals surface area contributed by atoms with Crippen LogP contribution in [0.1, 0.15) is 36.0 Å². The van der Waals surface area contributed by atoms with Crippen molar-refractivity contribution >= 4 is 23.1 Å². The fraction of sp³-hybridized carbons (Fsp3) is 0.500. The van der Waals surface area contributed by atoms with Crippen molar-refractivity contribution in [3.05, 3.63) is 21.9 Å². The number of thiophene rings is 1. The number of ether oxygens (including phenoxy) is 1. The number of carbonyl (C=O) groups is 2. The summed E-state index contributed by atoms with van der Waals surface area (Å²) in [7, 11) is 0. The first-order valence-corrected chi connectivity index (χ1v) is 6.10. The minimum atomic E-state index is -0.623. The number of carbonyl (C=O) groups excluding carboxylic acids is 2. The lowest BCUT2D eigenvalue weighted by Crippen LogP contribution is -2.31. The minimum absolute atomic E-state index is 0.0921. The molecular formula is C12H14O3S. The molecular weight excluding hydrogens is 224 g/mol. The fourth-order valence-corrected chi connectivity index (χ4v) is 2.67. The molecule has 0 fully saturated rings. The molecule has 0 saturated carbocycles. The highest BCUT2D eigenvalue weighted by atomic mass is 32.1. The summed E-state index contributed by atoms with van der Waals surface area (Å²) in [5, 5.41) is 1.88. The maximum absolute atomic E-state index is 11.9. The molecule has 0 N–H and O–H groups in total. The molecule has 0 spiro atoms. The van der Waals surface area contributed by atoms with Crippen molar-refractivity contribution in [2.75, 3.05) is 0 Å². The Morgan fingerprint density at radius 1 is 1.50 bits per heavy atom. The average Bonchev–Trinajstić information content (AvgIpc) is 2.66. The maximum Gasteiger partial charge on any atom is 0.317 e. The number of fused-ring (bicyclic) bond motifs is 1. The monoisotopic (exact) mass is 238 g/mol. The molecule has 0 radical (unpaired) electrons. The predicted octanol–water partition coefficient (Wildman–Crippen LogP) is 2.44. The Balaban J connectivity index is 2.12. The van der Waals surface area contributed by atoms with Crippen LogP contribution in [0.25, 0.3) is 0 Å². The molecule has 0 amide bonds. The summed E-state index contributed by atoms with van der Waals surface area (Å²) in [6, 6.07) is 1.78. The van der Waals surface area contributed by atoms with E-state index >= 15 is 0 Å². The Kier molecular flexibility index (Phi) is 2.62. The molecule has 1 heterocycles. The van der Waals surface area contributed by atoms with E-state index in [-0.39, 0.29) is 5.78 Å². The van der Waals surface area contributed by atoms with Gasteiger partial charge in [-0.05, 0) is 32.2 Å². The van der Waals surface area contributed by atoms with Crippen LogP contribution in [0, 0.1) is 5.92 Å². The second-order valence-corrected chi connectivity index (χ2v) is 5.91. The maximum atomic E-state index is 11.9. The van der Waals surface area contributed by atoms with Crippen molar-refractivity contribution in [3.63, 3.8) is 0 Å². The Hall–Kier alpha value is -1.16. The standard InChI is InChI=1S/C12H14O3S/c1-12(2,3)15-11(14)8-6-9-7(10(8)13)4-5-16-9/h4-5,8H,6H2,1-3H3/t8-/m1/s1. The lowest BCUT2D eigenvalue weighted by Gasteiger charge is -2.21. The SMILES string of the molecule is CC(C)(C)OC(=O)[C@@H]1Cc2sccc2C1=O. The minimum Gasteiger partial charge on any atom is -0.459 e. The quantitative estimate of drug-likeness (QED) is 0.557. The summed E-state index contributed by atoms with van der Waals surface area (Å²) in [4.78, 5) is 24.7. The van der Waals surface area contributed by atoms with Gasteiger partial charge >= 0.3 is 5.97 Å². The largest absolute Gasteiger partial charge is 0.459 e. The third kappa shape index (κ3) is 2.02. The summed E-state index contributed by atoms with van der Waals surface area (Å²) in [5.74, 6) is -1.12. The van der Waals surface area contributed by atoms with Crippen LogP contribution in [0.5, 0.6) is 0 Å². The Bertz CT molecular complexity index is 439. The second-order valence-electron chi connectivity index (χ2n) is 4.91. The summed E-state index contributed by atoms with van der Waals surface area (Å²) < 4.78 is 5.24. The van der Waals surface area contributed by atoms with Crippen molar-refractivity contribution in [1.29, 1.82) is 0 Å². The summed E-state index contributed by atoms with van der Waals surface area (Å²) >= 11 is 1.53. The Labute approximate surface area is 98.4 Å². The van der Waals surface area contributed by atoms with Crippen molar-refractivity contribution < 1.29 is 14.3 Å². The van der Waals surface area contributed by atoms with Gasteiger partial charge in [-0.3, -0.25) is 9.59 Å². The highest BCUT2D eigenvalue weighted by Crippen LogP contribution is 2.32. The van der Waals surface area contributed by atoms with Crippen molar-refractivity contribution in [3.8, 4) is 0 Å². The van der Waals surface area contributed by atoms with Gasteiger partial charge in [-0.15, -0.1) is 11.3 Å². The van der Waals surface area contributed by atoms with E-state index in [4.69, 9.17) is 4.74 Å². The topological polar surface area (TPSA) is 43.4 Å². The van der Waals surface area contributed by atoms with E-state index < -0.39 is 17.5 Å². The summed E-state index contributed by atoms with van der Waals surface area (Å²) in [5.41, 5.74) is 0.161. The van der Waals surface area contributed by atoms with E-state index in [1.54, 1.807) is 26.8 Å². The average molecular weight is 238 g/mol. The molecule has 1 aromatic rings. The van der Waals surface area contributed by atoms with Gasteiger partial charge < -0.3 is 4.74 Å². The van der Waals surface area contributed by atoms with Crippen LogP contribution in [-0.2, 0) is 16.0 Å². The van der Waals surface area contributed by atoms with Gasteiger partial charge in [0.15, 0.2) is 5.78 Å². The molecule has 0 aromatic carbocycles. The third-order valence-corrected chi connectivity index (χ3v) is 3.35. The van der Waals surface area contributed by atoms with Gasteiger partial charge in [0.1, 0.15) is 11.5 Å². The van der Waals surface area contributed by atoms with Crippen LogP contribution < -0.4 is 0 Å². The first kappa shape index (κ1) is 11.3. The number of esters is 1. The summed E-state index contributed by atoms with van der Waals surface area (Å²) in [6.45, 7) is 5.42. The fourth-order valence-electron chi connectivity index (χ4n) is 1.75. The second kappa shape index (κ2) is 3.70. The zero-order valence-corrected chi connectivity index (χ0v) is 10.4. The molecule has 0 unspecified atom stereocenters. The van der Waals surface area contributed by atoms with Gasteiger partial charge in [-0.25, -0.2) is 0 Å². The zero-order chi connectivity index (χ0) is 11.9. The van der Waals surface area contributed by atoms with Crippen molar-refractivity contribution in [2.45, 2.75) is 32.8 Å². The molecule has 0 bridgehead atoms. The van der Waals surface area contributed by atoms with E-state index in [0.29, 0.717) is 12.0 Å². The first-order chi connectivity index (χ1) is 7.38. The molecule has 0 aliphatic heterocycles. The Morgan fingerprint density at radius 2 is 2.19 bits per heavy atom. The van der Waals surface area contributed by atoms with Gasteiger partial charge in [0.2, 0.25) is 0 Å². The van der Waals surface area contributed by atoms with Gasteiger partial charge in [0.25, 0.3) is 0 Å². The van der Waals surface area contributed by atoms with Crippen LogP contribution in [0.3, 0.4) is 0 Å². The zero-order valence-electron chi connectivity index (χ0n) is 9.57. The Morgan fingerprint density at radius 3 is 2.75 bits per heavy atom. The van der Waals surface area contributed by atoms with Gasteiger partial charge in [-0.1, -0.05) is 0 Å². The van der Waals surface area contributed by atoms with Crippen LogP contribution in [0.2, 0.25) is 0 Å². The molecule has 1 aliphatic rings. The molecule has 86 valence electrons. The first-order valence-electron chi connectivity index (χ1n) is 5.22. The molecule has 4 heteroatoms. The van der Waals surface area contributed by atoms with E-state index in [0.717, 1.165) is 4.88 Å². The van der Waals surface area contributed by atoms with Gasteiger partial charge in [0, 0.05) is 16.9 Å². The number of Topliss-reactive ketones (excluding diaryl/α,β-unsaturated/α-hetero) is 1. The van der Waals surface area contributed by atoms with Crippen LogP contribution in [-0.4, -0.2) is 17.4 Å². The number of hydrogen-bond acceptors (Lipinski definition) is 4. The normalized spacial score (nSPS) is 19.7. The summed E-state index contributed by atoms with van der Waals surface area (Å²) in [6.07, 6.45) is 0.501. The van der Waals surface area contributed by atoms with Gasteiger partial charge in [0.05, 0.1) is 0 Å². The predicted molar refractivity (Wildman–Crippen MR) is 61.7 cm³/mol. The number of ketones is 1. The van der Waals surface area contributed by atoms with Crippen LogP contribution >= 0.6 is 11.3 Å². The lowest BCUT2D eigenvalue weighted by atomic mass is 10.1. The third-order valence-electron chi connectivity index (χ3n) is 2.41. The van der Waals surface area contributed by atoms with Gasteiger partial charge in [-0.2, -0.15) is 0 Å². The van der Waals surface area contributed by atoms with Crippen LogP contribution in [0.4, 0.5) is 0 Å². The lowest BCUT2D eigenvalue weighted by molar-refractivity contribution is -0.157. The van der Waals surface area contributed by atoms with E-state index in [9.17, 15) is 9.59 Å². The number of rotatable bonds is 1. The smallest absolute Gasteiger partial charge is 0.317 e. The van der Waals surface area contributed by atoms with E-state index in [1.807, 2.05) is 5.38 Å². The highest BCUT2D eigenvalue weighted by Gasteiger charge is 2.39.